The van der Waals surface area contributed by atoms with Gasteiger partial charge in [-0.25, -0.2) is 4.68 Å². The van der Waals surface area contributed by atoms with Gasteiger partial charge in [-0.05, 0) is 25.7 Å². The smallest absolute Gasteiger partial charge is 0.267 e. The molecule has 1 unspecified atom stereocenters. The van der Waals surface area contributed by atoms with E-state index in [1.54, 1.807) is 24.8 Å². The van der Waals surface area contributed by atoms with Crippen LogP contribution >= 0.6 is 23.1 Å². The van der Waals surface area contributed by atoms with Gasteiger partial charge < -0.3 is 0 Å². The van der Waals surface area contributed by atoms with Crippen molar-refractivity contribution in [3.8, 4) is 11.3 Å². The van der Waals surface area contributed by atoms with Crippen molar-refractivity contribution in [2.45, 2.75) is 31.2 Å². The number of nitrogens with one attached hydrogen (secondary N) is 1. The van der Waals surface area contributed by atoms with Crippen LogP contribution in [0.3, 0.4) is 0 Å². The highest BCUT2D eigenvalue weighted by Gasteiger charge is 2.20. The third-order valence-electron chi connectivity index (χ3n) is 3.82. The Morgan fingerprint density at radius 1 is 1.22 bits per heavy atom. The summed E-state index contributed by atoms with van der Waals surface area (Å²) < 4.78 is 1.98. The van der Waals surface area contributed by atoms with Crippen molar-refractivity contribution in [1.29, 1.82) is 0 Å². The highest BCUT2D eigenvalue weighted by molar-refractivity contribution is 8.01. The van der Waals surface area contributed by atoms with E-state index in [0.29, 0.717) is 10.8 Å². The van der Waals surface area contributed by atoms with E-state index < -0.39 is 6.04 Å². The van der Waals surface area contributed by atoms with Gasteiger partial charge in [0, 0.05) is 11.6 Å². The second kappa shape index (κ2) is 8.45. The molecular weight excluding hydrogens is 382 g/mol. The molecule has 27 heavy (non-hydrogen) atoms. The Kier molecular flexibility index (Phi) is 6.02. The lowest BCUT2D eigenvalue weighted by molar-refractivity contribution is -0.119. The van der Waals surface area contributed by atoms with Crippen molar-refractivity contribution in [1.82, 2.24) is 20.0 Å². The molecule has 7 nitrogen and oxygen atoms in total. The maximum absolute atomic E-state index is 12.5. The molecule has 3 rings (SSSR count). The van der Waals surface area contributed by atoms with E-state index in [-0.39, 0.29) is 11.5 Å². The summed E-state index contributed by atoms with van der Waals surface area (Å²) in [5.41, 5.74) is 2.31. The first-order chi connectivity index (χ1) is 13.0. The fourth-order valence-electron chi connectivity index (χ4n) is 2.34. The number of anilines is 1. The number of carbonyl (C=O) groups excluding carboxylic acids is 1. The second-order valence-corrected chi connectivity index (χ2v) is 8.33. The van der Waals surface area contributed by atoms with E-state index in [4.69, 9.17) is 0 Å². The van der Waals surface area contributed by atoms with E-state index in [0.717, 1.165) is 21.2 Å². The third-order valence-corrected chi connectivity index (χ3v) is 5.68. The lowest BCUT2D eigenvalue weighted by atomic mass is 10.1. The quantitative estimate of drug-likeness (QED) is 0.503. The summed E-state index contributed by atoms with van der Waals surface area (Å²) >= 11 is 2.86. The van der Waals surface area contributed by atoms with E-state index in [2.05, 4.69) is 20.6 Å². The number of benzene rings is 1. The van der Waals surface area contributed by atoms with Gasteiger partial charge in [0.15, 0.2) is 4.34 Å². The van der Waals surface area contributed by atoms with Crippen LogP contribution in [0.25, 0.3) is 11.3 Å². The molecule has 9 heteroatoms. The van der Waals surface area contributed by atoms with Crippen LogP contribution in [0.1, 0.15) is 25.5 Å². The van der Waals surface area contributed by atoms with Crippen molar-refractivity contribution >= 4 is 34.1 Å². The van der Waals surface area contributed by atoms with Crippen LogP contribution in [0.2, 0.25) is 0 Å². The molecule has 0 bridgehead atoms. The Morgan fingerprint density at radius 2 is 1.96 bits per heavy atom. The van der Waals surface area contributed by atoms with Gasteiger partial charge in [0.05, 0.1) is 5.69 Å². The molecule has 140 valence electrons. The van der Waals surface area contributed by atoms with Gasteiger partial charge >= 0.3 is 0 Å². The molecule has 2 aromatic heterocycles. The number of aromatic nitrogens is 4. The fraction of sp³-hybridized carbons (Fsp3) is 0.278. The number of nitrogens with zero attached hydrogens (tertiary/aromatic N) is 4. The van der Waals surface area contributed by atoms with Crippen LogP contribution in [0.4, 0.5) is 5.13 Å². The lowest BCUT2D eigenvalue weighted by Gasteiger charge is -2.14. The first kappa shape index (κ1) is 19.2. The van der Waals surface area contributed by atoms with Crippen LogP contribution in [0.5, 0.6) is 0 Å². The number of thioether (sulfide) groups is 1. The standard InChI is InChI=1S/C18H19N5O2S2/c1-4-26-18-21-20-17(27-18)19-16(25)12(3)23-15(24)10-9-14(22-23)13-7-5-11(2)6-8-13/h5-10,12H,4H2,1-3H3,(H,19,20,25). The van der Waals surface area contributed by atoms with E-state index in [1.165, 1.54) is 22.1 Å². The molecule has 0 fully saturated rings. The van der Waals surface area contributed by atoms with Gasteiger partial charge in [0.1, 0.15) is 6.04 Å². The monoisotopic (exact) mass is 401 g/mol. The van der Waals surface area contributed by atoms with Crippen molar-refractivity contribution in [3.63, 3.8) is 0 Å². The minimum atomic E-state index is -0.783. The van der Waals surface area contributed by atoms with Gasteiger partial charge in [0.25, 0.3) is 11.5 Å². The summed E-state index contributed by atoms with van der Waals surface area (Å²) in [4.78, 5) is 24.8. The van der Waals surface area contributed by atoms with E-state index in [1.807, 2.05) is 38.1 Å². The highest BCUT2D eigenvalue weighted by atomic mass is 32.2. The van der Waals surface area contributed by atoms with E-state index >= 15 is 0 Å². The lowest BCUT2D eigenvalue weighted by Crippen LogP contribution is -2.33. The molecule has 0 saturated heterocycles. The summed E-state index contributed by atoms with van der Waals surface area (Å²) in [7, 11) is 0. The molecule has 0 aliphatic carbocycles. The minimum Gasteiger partial charge on any atom is -0.299 e. The Morgan fingerprint density at radius 3 is 2.67 bits per heavy atom. The zero-order valence-electron chi connectivity index (χ0n) is 15.2. The van der Waals surface area contributed by atoms with Crippen LogP contribution < -0.4 is 10.9 Å². The summed E-state index contributed by atoms with van der Waals surface area (Å²) in [6.07, 6.45) is 0. The molecule has 3 aromatic rings. The molecule has 0 aliphatic rings. The minimum absolute atomic E-state index is 0.340. The predicted octanol–water partition coefficient (Wildman–Crippen LogP) is 3.38. The Bertz CT molecular complexity index is 997. The molecule has 0 spiro atoms. The second-order valence-electron chi connectivity index (χ2n) is 5.84. The van der Waals surface area contributed by atoms with Crippen LogP contribution in [0.15, 0.2) is 45.5 Å². The van der Waals surface area contributed by atoms with Gasteiger partial charge in [-0.2, -0.15) is 5.10 Å². The Balaban J connectivity index is 1.81. The molecule has 0 aliphatic heterocycles. The number of rotatable bonds is 6. The SMILES string of the molecule is CCSc1nnc(NC(=O)C(C)n2nc(-c3ccc(C)cc3)ccc2=O)s1. The first-order valence-corrected chi connectivity index (χ1v) is 10.2. The topological polar surface area (TPSA) is 89.8 Å². The van der Waals surface area contributed by atoms with Gasteiger partial charge in [-0.15, -0.1) is 10.2 Å². The predicted molar refractivity (Wildman–Crippen MR) is 108 cm³/mol. The molecule has 0 saturated carbocycles. The van der Waals surface area contributed by atoms with Gasteiger partial charge in [-0.1, -0.05) is 59.9 Å². The molecule has 1 aromatic carbocycles. The largest absolute Gasteiger partial charge is 0.299 e. The molecule has 1 atom stereocenters. The van der Waals surface area contributed by atoms with Crippen molar-refractivity contribution in [2.75, 3.05) is 11.1 Å². The molecule has 1 amide bonds. The number of aryl methyl sites for hydroxylation is 1. The number of carbonyl (C=O) groups is 1. The Hall–Kier alpha value is -2.52. The van der Waals surface area contributed by atoms with Crippen LogP contribution in [-0.4, -0.2) is 31.6 Å². The van der Waals surface area contributed by atoms with Crippen molar-refractivity contribution in [2.24, 2.45) is 0 Å². The summed E-state index contributed by atoms with van der Waals surface area (Å²) in [6, 6.07) is 10.1. The van der Waals surface area contributed by atoms with Crippen LogP contribution in [0, 0.1) is 6.92 Å². The van der Waals surface area contributed by atoms with Crippen LogP contribution in [-0.2, 0) is 4.79 Å². The molecule has 2 heterocycles. The third kappa shape index (κ3) is 4.61. The zero-order chi connectivity index (χ0) is 19.4. The van der Waals surface area contributed by atoms with Gasteiger partial charge in [0.2, 0.25) is 5.13 Å². The first-order valence-electron chi connectivity index (χ1n) is 8.42. The van der Waals surface area contributed by atoms with Crippen molar-refractivity contribution in [3.05, 3.63) is 52.3 Å². The summed E-state index contributed by atoms with van der Waals surface area (Å²) in [5.74, 6) is 0.513. The van der Waals surface area contributed by atoms with Gasteiger partial charge in [-0.3, -0.25) is 14.9 Å². The number of hydrogen-bond donors (Lipinski definition) is 1. The maximum atomic E-state index is 12.5. The average molecular weight is 402 g/mol. The zero-order valence-corrected chi connectivity index (χ0v) is 16.8. The summed E-state index contributed by atoms with van der Waals surface area (Å²) in [6.45, 7) is 5.65. The molecule has 0 radical (unpaired) electrons. The number of amides is 1. The highest BCUT2D eigenvalue weighted by Crippen LogP contribution is 2.25. The van der Waals surface area contributed by atoms with E-state index in [9.17, 15) is 9.59 Å². The fourth-order valence-corrected chi connectivity index (χ4v) is 4.00. The number of hydrogen-bond acceptors (Lipinski definition) is 7. The molecular formula is C18H19N5O2S2. The maximum Gasteiger partial charge on any atom is 0.267 e. The van der Waals surface area contributed by atoms with Crippen molar-refractivity contribution < 1.29 is 4.79 Å². The summed E-state index contributed by atoms with van der Waals surface area (Å²) in [5, 5.41) is 15.4. The average Bonchev–Trinajstić information content (AvgIpc) is 3.09. The Labute approximate surface area is 164 Å². The normalized spacial score (nSPS) is 12.0. The molecule has 1 N–H and O–H groups in total.